The molecule has 1 heterocycles. The lowest BCUT2D eigenvalue weighted by Gasteiger charge is -2.39. The van der Waals surface area contributed by atoms with Gasteiger partial charge in [-0.15, -0.1) is 0 Å². The van der Waals surface area contributed by atoms with Crippen LogP contribution in [-0.2, 0) is 4.79 Å². The molecule has 20 heavy (non-hydrogen) atoms. The summed E-state index contributed by atoms with van der Waals surface area (Å²) in [6.45, 7) is 3.47. The van der Waals surface area contributed by atoms with Crippen molar-refractivity contribution in [3.63, 3.8) is 0 Å². The number of piperazine rings is 1. The van der Waals surface area contributed by atoms with Gasteiger partial charge in [-0.3, -0.25) is 9.69 Å². The first-order valence-corrected chi connectivity index (χ1v) is 7.69. The summed E-state index contributed by atoms with van der Waals surface area (Å²) in [7, 11) is 0. The van der Waals surface area contributed by atoms with Gasteiger partial charge in [-0.05, 0) is 25.7 Å². The zero-order valence-corrected chi connectivity index (χ0v) is 11.9. The minimum atomic E-state index is -0.690. The molecule has 0 aromatic rings. The normalized spacial score (nSPS) is 27.8. The third-order valence-corrected chi connectivity index (χ3v) is 5.20. The number of carbonyl (C=O) groups is 1. The standard InChI is InChI=1S/C14H24N4O2/c15-12(16-20)14(5-6-14)13(19)18-9-7-17(8-10-18)11-3-1-2-4-11/h11,20H,1-10H2,(H2,15,16). The van der Waals surface area contributed by atoms with Crippen molar-refractivity contribution in [1.82, 2.24) is 9.80 Å². The molecule has 6 nitrogen and oxygen atoms in total. The topological polar surface area (TPSA) is 82.2 Å². The van der Waals surface area contributed by atoms with Crippen molar-refractivity contribution in [3.8, 4) is 0 Å². The van der Waals surface area contributed by atoms with E-state index in [-0.39, 0.29) is 11.7 Å². The van der Waals surface area contributed by atoms with Crippen LogP contribution in [0.4, 0.5) is 0 Å². The predicted molar refractivity (Wildman–Crippen MR) is 75.5 cm³/mol. The lowest BCUT2D eigenvalue weighted by atomic mass is 10.0. The van der Waals surface area contributed by atoms with E-state index in [1.807, 2.05) is 4.90 Å². The summed E-state index contributed by atoms with van der Waals surface area (Å²) >= 11 is 0. The molecule has 3 N–H and O–H groups in total. The summed E-state index contributed by atoms with van der Waals surface area (Å²) in [6.07, 6.45) is 6.73. The highest BCUT2D eigenvalue weighted by Gasteiger charge is 2.56. The summed E-state index contributed by atoms with van der Waals surface area (Å²) in [4.78, 5) is 17.0. The van der Waals surface area contributed by atoms with Crippen molar-refractivity contribution in [2.75, 3.05) is 26.2 Å². The SMILES string of the molecule is NC(=NO)C1(C(=O)N2CCN(C3CCCC3)CC2)CC1. The summed E-state index contributed by atoms with van der Waals surface area (Å²) in [5.74, 6) is 0.139. The van der Waals surface area contributed by atoms with Crippen molar-refractivity contribution < 1.29 is 10.0 Å². The maximum absolute atomic E-state index is 12.5. The molecule has 0 aromatic carbocycles. The van der Waals surface area contributed by atoms with Gasteiger partial charge in [-0.25, -0.2) is 0 Å². The van der Waals surface area contributed by atoms with Crippen molar-refractivity contribution in [1.29, 1.82) is 0 Å². The van der Waals surface area contributed by atoms with E-state index in [9.17, 15) is 4.79 Å². The smallest absolute Gasteiger partial charge is 0.236 e. The molecular formula is C14H24N4O2. The number of amides is 1. The van der Waals surface area contributed by atoms with E-state index in [1.54, 1.807) is 0 Å². The van der Waals surface area contributed by atoms with Crippen LogP contribution in [0, 0.1) is 5.41 Å². The summed E-state index contributed by atoms with van der Waals surface area (Å²) in [6, 6.07) is 0.728. The highest BCUT2D eigenvalue weighted by molar-refractivity contribution is 6.09. The van der Waals surface area contributed by atoms with Gasteiger partial charge in [0.15, 0.2) is 5.84 Å². The minimum Gasteiger partial charge on any atom is -0.409 e. The van der Waals surface area contributed by atoms with Gasteiger partial charge in [0, 0.05) is 32.2 Å². The Balaban J connectivity index is 1.57. The van der Waals surface area contributed by atoms with Crippen LogP contribution in [0.1, 0.15) is 38.5 Å². The Bertz CT molecular complexity index is 405. The van der Waals surface area contributed by atoms with Gasteiger partial charge in [0.25, 0.3) is 0 Å². The molecule has 1 saturated heterocycles. The molecule has 3 rings (SSSR count). The van der Waals surface area contributed by atoms with Crippen LogP contribution >= 0.6 is 0 Å². The lowest BCUT2D eigenvalue weighted by Crippen LogP contribution is -2.54. The second-order valence-electron chi connectivity index (χ2n) is 6.33. The third-order valence-electron chi connectivity index (χ3n) is 5.20. The summed E-state index contributed by atoms with van der Waals surface area (Å²) in [5.41, 5.74) is 5.00. The monoisotopic (exact) mass is 280 g/mol. The zero-order valence-electron chi connectivity index (χ0n) is 11.9. The molecule has 2 saturated carbocycles. The van der Waals surface area contributed by atoms with Crippen LogP contribution in [0.2, 0.25) is 0 Å². The number of carbonyl (C=O) groups excluding carboxylic acids is 1. The van der Waals surface area contributed by atoms with E-state index < -0.39 is 5.41 Å². The van der Waals surface area contributed by atoms with Gasteiger partial charge in [0.2, 0.25) is 5.91 Å². The van der Waals surface area contributed by atoms with Gasteiger partial charge < -0.3 is 15.8 Å². The van der Waals surface area contributed by atoms with Crippen LogP contribution in [0.15, 0.2) is 5.16 Å². The lowest BCUT2D eigenvalue weighted by molar-refractivity contribution is -0.136. The molecule has 0 spiro atoms. The fraction of sp³-hybridized carbons (Fsp3) is 0.857. The molecule has 1 amide bonds. The number of nitrogens with two attached hydrogens (primary N) is 1. The molecule has 3 aliphatic rings. The fourth-order valence-electron chi connectivity index (χ4n) is 3.66. The number of hydrogen-bond acceptors (Lipinski definition) is 4. The quantitative estimate of drug-likeness (QED) is 0.343. The Morgan fingerprint density at radius 3 is 2.25 bits per heavy atom. The molecule has 3 fully saturated rings. The Kier molecular flexibility index (Phi) is 3.58. The second-order valence-corrected chi connectivity index (χ2v) is 6.33. The first kappa shape index (κ1) is 13.7. The van der Waals surface area contributed by atoms with Gasteiger partial charge in [0.1, 0.15) is 5.41 Å². The third kappa shape index (κ3) is 2.26. The zero-order chi connectivity index (χ0) is 14.2. The Morgan fingerprint density at radius 2 is 1.75 bits per heavy atom. The highest BCUT2D eigenvalue weighted by atomic mass is 16.4. The molecule has 0 radical (unpaired) electrons. The first-order chi connectivity index (χ1) is 9.67. The summed E-state index contributed by atoms with van der Waals surface area (Å²) in [5, 5.41) is 11.9. The van der Waals surface area contributed by atoms with Crippen LogP contribution in [0.25, 0.3) is 0 Å². The Hall–Kier alpha value is -1.30. The van der Waals surface area contributed by atoms with Gasteiger partial charge in [0.05, 0.1) is 0 Å². The van der Waals surface area contributed by atoms with Gasteiger partial charge in [-0.1, -0.05) is 18.0 Å². The molecule has 112 valence electrons. The van der Waals surface area contributed by atoms with Crippen LogP contribution < -0.4 is 5.73 Å². The molecular weight excluding hydrogens is 256 g/mol. The van der Waals surface area contributed by atoms with Crippen molar-refractivity contribution in [2.24, 2.45) is 16.3 Å². The number of rotatable bonds is 3. The fourth-order valence-corrected chi connectivity index (χ4v) is 3.66. The predicted octanol–water partition coefficient (Wildman–Crippen LogP) is 0.600. The maximum Gasteiger partial charge on any atom is 0.236 e. The van der Waals surface area contributed by atoms with Gasteiger partial charge >= 0.3 is 0 Å². The molecule has 0 aromatic heterocycles. The van der Waals surface area contributed by atoms with E-state index in [0.29, 0.717) is 12.8 Å². The van der Waals surface area contributed by atoms with Crippen LogP contribution in [0.3, 0.4) is 0 Å². The molecule has 0 bridgehead atoms. The average molecular weight is 280 g/mol. The van der Waals surface area contributed by atoms with E-state index in [0.717, 1.165) is 32.2 Å². The van der Waals surface area contributed by atoms with Gasteiger partial charge in [-0.2, -0.15) is 0 Å². The largest absolute Gasteiger partial charge is 0.409 e. The van der Waals surface area contributed by atoms with Crippen molar-refractivity contribution >= 4 is 11.7 Å². The number of nitrogens with zero attached hydrogens (tertiary/aromatic N) is 3. The van der Waals surface area contributed by atoms with E-state index in [1.165, 1.54) is 25.7 Å². The Labute approximate surface area is 119 Å². The Morgan fingerprint density at radius 1 is 1.15 bits per heavy atom. The summed E-state index contributed by atoms with van der Waals surface area (Å²) < 4.78 is 0. The second kappa shape index (κ2) is 5.24. The van der Waals surface area contributed by atoms with E-state index in [2.05, 4.69) is 10.1 Å². The minimum absolute atomic E-state index is 0.0545. The van der Waals surface area contributed by atoms with Crippen LogP contribution in [0.5, 0.6) is 0 Å². The number of amidine groups is 1. The molecule has 6 heteroatoms. The number of oxime groups is 1. The highest BCUT2D eigenvalue weighted by Crippen LogP contribution is 2.47. The van der Waals surface area contributed by atoms with Crippen molar-refractivity contribution in [3.05, 3.63) is 0 Å². The van der Waals surface area contributed by atoms with E-state index >= 15 is 0 Å². The number of hydrogen-bond donors (Lipinski definition) is 2. The van der Waals surface area contributed by atoms with E-state index in [4.69, 9.17) is 10.9 Å². The van der Waals surface area contributed by atoms with Crippen LogP contribution in [-0.4, -0.2) is 59.0 Å². The molecule has 0 unspecified atom stereocenters. The molecule has 1 aliphatic heterocycles. The molecule has 2 aliphatic carbocycles. The van der Waals surface area contributed by atoms with Crippen molar-refractivity contribution in [2.45, 2.75) is 44.6 Å². The maximum atomic E-state index is 12.5. The first-order valence-electron chi connectivity index (χ1n) is 7.69. The average Bonchev–Trinajstić information content (AvgIpc) is 3.13. The molecule has 0 atom stereocenters.